The van der Waals surface area contributed by atoms with Crippen molar-refractivity contribution in [3.63, 3.8) is 0 Å². The van der Waals surface area contributed by atoms with Crippen LogP contribution in [0.4, 0.5) is 0 Å². The van der Waals surface area contributed by atoms with Gasteiger partial charge in [0.2, 0.25) is 0 Å². The molecule has 0 aliphatic heterocycles. The molecule has 2 aromatic carbocycles. The summed E-state index contributed by atoms with van der Waals surface area (Å²) >= 11 is 5.82. The Morgan fingerprint density at radius 2 is 1.71 bits per heavy atom. The number of carbonyl (C=O) groups excluding carboxylic acids is 2. The zero-order chi connectivity index (χ0) is 20.5. The third-order valence-corrected chi connectivity index (χ3v) is 4.12. The van der Waals surface area contributed by atoms with Crippen LogP contribution in [0.3, 0.4) is 0 Å². The monoisotopic (exact) mass is 407 g/mol. The van der Waals surface area contributed by atoms with Gasteiger partial charge in [-0.1, -0.05) is 11.6 Å². The molecule has 0 fully saturated rings. The Morgan fingerprint density at radius 3 is 2.36 bits per heavy atom. The van der Waals surface area contributed by atoms with Crippen LogP contribution in [-0.4, -0.2) is 57.8 Å². The molecule has 0 N–H and O–H groups in total. The second kappa shape index (κ2) is 10.4. The summed E-state index contributed by atoms with van der Waals surface area (Å²) in [5.74, 6) is 0.663. The summed E-state index contributed by atoms with van der Waals surface area (Å²) in [5.41, 5.74) is 0.328. The van der Waals surface area contributed by atoms with E-state index < -0.39 is 5.97 Å². The van der Waals surface area contributed by atoms with Crippen LogP contribution in [0.25, 0.3) is 0 Å². The van der Waals surface area contributed by atoms with Crippen LogP contribution >= 0.6 is 11.6 Å². The van der Waals surface area contributed by atoms with Crippen molar-refractivity contribution in [2.24, 2.45) is 0 Å². The van der Waals surface area contributed by atoms with E-state index in [1.165, 1.54) is 31.3 Å². The molecule has 0 heterocycles. The highest BCUT2D eigenvalue weighted by molar-refractivity contribution is 6.30. The molecule has 0 atom stereocenters. The van der Waals surface area contributed by atoms with Gasteiger partial charge in [-0.3, -0.25) is 4.79 Å². The van der Waals surface area contributed by atoms with Crippen LogP contribution in [0.2, 0.25) is 5.02 Å². The van der Waals surface area contributed by atoms with E-state index in [1.54, 1.807) is 37.4 Å². The first-order valence-electron chi connectivity index (χ1n) is 8.46. The molecule has 0 saturated carbocycles. The number of rotatable bonds is 9. The molecule has 1 amide bonds. The fourth-order valence-corrected chi connectivity index (χ4v) is 2.36. The number of carbonyl (C=O) groups is 2. The highest BCUT2D eigenvalue weighted by Crippen LogP contribution is 2.28. The van der Waals surface area contributed by atoms with Gasteiger partial charge in [-0.05, 0) is 42.5 Å². The standard InChI is InChI=1S/C20H22ClNO6/c1-22(10-11-27-16-7-5-15(21)6-8-16)19(23)13-28-17-9-4-14(20(24)26-3)12-18(17)25-2/h4-9,12H,10-11,13H2,1-3H3. The molecule has 0 aliphatic rings. The number of likely N-dealkylation sites (N-methyl/N-ethyl adjacent to an activating group) is 1. The second-order valence-electron chi connectivity index (χ2n) is 5.76. The Balaban J connectivity index is 1.83. The average molecular weight is 408 g/mol. The SMILES string of the molecule is COC(=O)c1ccc(OCC(=O)N(C)CCOc2ccc(Cl)cc2)c(OC)c1. The molecule has 0 aromatic heterocycles. The molecule has 0 spiro atoms. The Kier molecular flexibility index (Phi) is 7.95. The first-order valence-corrected chi connectivity index (χ1v) is 8.84. The number of esters is 1. The zero-order valence-electron chi connectivity index (χ0n) is 15.9. The molecule has 2 rings (SSSR count). The van der Waals surface area contributed by atoms with Crippen LogP contribution < -0.4 is 14.2 Å². The van der Waals surface area contributed by atoms with Gasteiger partial charge in [0.05, 0.1) is 26.3 Å². The summed E-state index contributed by atoms with van der Waals surface area (Å²) in [6.07, 6.45) is 0. The van der Waals surface area contributed by atoms with Crippen LogP contribution in [0, 0.1) is 0 Å². The summed E-state index contributed by atoms with van der Waals surface area (Å²) < 4.78 is 21.0. The fraction of sp³-hybridized carbons (Fsp3) is 0.300. The van der Waals surface area contributed by atoms with Crippen LogP contribution in [0.15, 0.2) is 42.5 Å². The number of nitrogens with zero attached hydrogens (tertiary/aromatic N) is 1. The summed E-state index contributed by atoms with van der Waals surface area (Å²) in [6.45, 7) is 0.551. The van der Waals surface area contributed by atoms with Crippen molar-refractivity contribution in [3.8, 4) is 17.2 Å². The van der Waals surface area contributed by atoms with E-state index >= 15 is 0 Å². The van der Waals surface area contributed by atoms with E-state index in [0.717, 1.165) is 0 Å². The van der Waals surface area contributed by atoms with Crippen LogP contribution in [-0.2, 0) is 9.53 Å². The van der Waals surface area contributed by atoms with E-state index in [-0.39, 0.29) is 12.5 Å². The van der Waals surface area contributed by atoms with Gasteiger partial charge in [0.25, 0.3) is 5.91 Å². The lowest BCUT2D eigenvalue weighted by Gasteiger charge is -2.18. The van der Waals surface area contributed by atoms with E-state index in [1.807, 2.05) is 0 Å². The van der Waals surface area contributed by atoms with Crippen molar-refractivity contribution >= 4 is 23.5 Å². The van der Waals surface area contributed by atoms with Crippen LogP contribution in [0.1, 0.15) is 10.4 Å². The van der Waals surface area contributed by atoms with Gasteiger partial charge in [0.1, 0.15) is 12.4 Å². The van der Waals surface area contributed by atoms with Crippen molar-refractivity contribution in [1.82, 2.24) is 4.90 Å². The minimum Gasteiger partial charge on any atom is -0.493 e. The molecule has 150 valence electrons. The second-order valence-corrected chi connectivity index (χ2v) is 6.20. The normalized spacial score (nSPS) is 10.1. The molecule has 7 nitrogen and oxygen atoms in total. The lowest BCUT2D eigenvalue weighted by molar-refractivity contribution is -0.132. The van der Waals surface area contributed by atoms with Gasteiger partial charge in [0.15, 0.2) is 18.1 Å². The smallest absolute Gasteiger partial charge is 0.337 e. The highest BCUT2D eigenvalue weighted by atomic mass is 35.5. The van der Waals surface area contributed by atoms with Crippen molar-refractivity contribution in [3.05, 3.63) is 53.1 Å². The molecular weight excluding hydrogens is 386 g/mol. The minimum atomic E-state index is -0.485. The van der Waals surface area contributed by atoms with Crippen LogP contribution in [0.5, 0.6) is 17.2 Å². The third-order valence-electron chi connectivity index (χ3n) is 3.87. The molecule has 8 heteroatoms. The van der Waals surface area contributed by atoms with Gasteiger partial charge < -0.3 is 23.8 Å². The first-order chi connectivity index (χ1) is 13.4. The molecular formula is C20H22ClNO6. The predicted octanol–water partition coefficient (Wildman–Crippen LogP) is 3.05. The number of ether oxygens (including phenoxy) is 4. The van der Waals surface area contributed by atoms with E-state index in [0.29, 0.717) is 41.0 Å². The van der Waals surface area contributed by atoms with Crippen molar-refractivity contribution in [2.75, 3.05) is 41.0 Å². The number of amides is 1. The molecule has 2 aromatic rings. The fourth-order valence-electron chi connectivity index (χ4n) is 2.24. The molecule has 0 saturated heterocycles. The number of benzene rings is 2. The predicted molar refractivity (Wildman–Crippen MR) is 104 cm³/mol. The van der Waals surface area contributed by atoms with Gasteiger partial charge in [-0.25, -0.2) is 4.79 Å². The molecule has 0 bridgehead atoms. The van der Waals surface area contributed by atoms with E-state index in [2.05, 4.69) is 4.74 Å². The maximum Gasteiger partial charge on any atom is 0.337 e. The number of methoxy groups -OCH3 is 2. The van der Waals surface area contributed by atoms with Crippen molar-refractivity contribution < 1.29 is 28.5 Å². The summed E-state index contributed by atoms with van der Waals surface area (Å²) in [6, 6.07) is 11.6. The highest BCUT2D eigenvalue weighted by Gasteiger charge is 2.14. The number of hydrogen-bond donors (Lipinski definition) is 0. The third kappa shape index (κ3) is 6.06. The van der Waals surface area contributed by atoms with Crippen molar-refractivity contribution in [2.45, 2.75) is 0 Å². The summed E-state index contributed by atoms with van der Waals surface area (Å²) in [5, 5.41) is 0.631. The van der Waals surface area contributed by atoms with Gasteiger partial charge in [-0.15, -0.1) is 0 Å². The minimum absolute atomic E-state index is 0.175. The van der Waals surface area contributed by atoms with E-state index in [4.69, 9.17) is 25.8 Å². The molecule has 28 heavy (non-hydrogen) atoms. The van der Waals surface area contributed by atoms with Gasteiger partial charge in [0, 0.05) is 12.1 Å². The Labute approximate surface area is 168 Å². The summed E-state index contributed by atoms with van der Waals surface area (Å²) in [4.78, 5) is 25.3. The Bertz CT molecular complexity index is 809. The number of halogens is 1. The molecule has 0 unspecified atom stereocenters. The average Bonchev–Trinajstić information content (AvgIpc) is 2.72. The molecule has 0 radical (unpaired) electrons. The van der Waals surface area contributed by atoms with Crippen molar-refractivity contribution in [1.29, 1.82) is 0 Å². The quantitative estimate of drug-likeness (QED) is 0.595. The summed E-state index contributed by atoms with van der Waals surface area (Å²) in [7, 11) is 4.41. The Hall–Kier alpha value is -2.93. The number of hydrogen-bond acceptors (Lipinski definition) is 6. The topological polar surface area (TPSA) is 74.3 Å². The first kappa shape index (κ1) is 21.4. The zero-order valence-corrected chi connectivity index (χ0v) is 16.7. The maximum absolute atomic E-state index is 12.2. The maximum atomic E-state index is 12.2. The molecule has 0 aliphatic carbocycles. The lowest BCUT2D eigenvalue weighted by Crippen LogP contribution is -2.34. The lowest BCUT2D eigenvalue weighted by atomic mass is 10.2. The van der Waals surface area contributed by atoms with Gasteiger partial charge >= 0.3 is 5.97 Å². The largest absolute Gasteiger partial charge is 0.493 e. The Morgan fingerprint density at radius 1 is 1.00 bits per heavy atom. The van der Waals surface area contributed by atoms with Gasteiger partial charge in [-0.2, -0.15) is 0 Å². The van der Waals surface area contributed by atoms with E-state index in [9.17, 15) is 9.59 Å².